The summed E-state index contributed by atoms with van der Waals surface area (Å²) in [5.41, 5.74) is 0.666. The van der Waals surface area contributed by atoms with Crippen molar-refractivity contribution in [3.05, 3.63) is 46.1 Å². The fourth-order valence-corrected chi connectivity index (χ4v) is 1.82. The van der Waals surface area contributed by atoms with Gasteiger partial charge in [-0.3, -0.25) is 4.79 Å². The number of nitrogens with zero attached hydrogens (tertiary/aromatic N) is 3. The Labute approximate surface area is 133 Å². The summed E-state index contributed by atoms with van der Waals surface area (Å²) in [7, 11) is 0. The summed E-state index contributed by atoms with van der Waals surface area (Å²) in [6, 6.07) is 5.78. The maximum absolute atomic E-state index is 12.0. The first-order valence-corrected chi connectivity index (χ1v) is 6.48. The highest BCUT2D eigenvalue weighted by molar-refractivity contribution is 5.90. The van der Waals surface area contributed by atoms with Crippen molar-refractivity contribution in [1.29, 1.82) is 0 Å². The van der Waals surface area contributed by atoms with Gasteiger partial charge in [-0.1, -0.05) is 0 Å². The maximum atomic E-state index is 12.0. The Balaban J connectivity index is 1.98. The number of alkyl halides is 3. The van der Waals surface area contributed by atoms with E-state index in [2.05, 4.69) is 15.2 Å². The molecule has 0 spiro atoms. The van der Waals surface area contributed by atoms with Gasteiger partial charge < -0.3 is 20.2 Å². The maximum Gasteiger partial charge on any atom is 0.573 e. The quantitative estimate of drug-likeness (QED) is 0.664. The van der Waals surface area contributed by atoms with Gasteiger partial charge in [-0.2, -0.15) is 4.68 Å². The molecule has 0 bridgehead atoms. The second-order valence-corrected chi connectivity index (χ2v) is 4.68. The number of rotatable bonds is 5. The average Bonchev–Trinajstić information content (AvgIpc) is 2.81. The van der Waals surface area contributed by atoms with Crippen LogP contribution in [0.25, 0.3) is 0 Å². The summed E-state index contributed by atoms with van der Waals surface area (Å²) in [5, 5.41) is 16.7. The SMILES string of the molecule is Cc1cc([N+](=O)[O-])nn1CC(=O)Nc1ccc(OC(F)(F)F)cc1. The number of hydrogen-bond acceptors (Lipinski definition) is 5. The van der Waals surface area contributed by atoms with Crippen LogP contribution >= 0.6 is 0 Å². The largest absolute Gasteiger partial charge is 0.573 e. The van der Waals surface area contributed by atoms with Crippen LogP contribution in [0.15, 0.2) is 30.3 Å². The fraction of sp³-hybridized carbons (Fsp3) is 0.231. The summed E-state index contributed by atoms with van der Waals surface area (Å²) in [6.45, 7) is 1.27. The number of aromatic nitrogens is 2. The molecule has 0 radical (unpaired) electrons. The van der Waals surface area contributed by atoms with Crippen LogP contribution in [0.1, 0.15) is 5.69 Å². The van der Waals surface area contributed by atoms with E-state index in [0.29, 0.717) is 5.69 Å². The molecular weight excluding hydrogens is 333 g/mol. The number of nitrogens with one attached hydrogen (secondary N) is 1. The van der Waals surface area contributed by atoms with E-state index < -0.39 is 22.9 Å². The first kappa shape index (κ1) is 17.2. The monoisotopic (exact) mass is 344 g/mol. The summed E-state index contributed by atoms with van der Waals surface area (Å²) in [4.78, 5) is 21.8. The van der Waals surface area contributed by atoms with E-state index in [1.165, 1.54) is 18.2 Å². The number of carbonyl (C=O) groups excluding carboxylic acids is 1. The van der Waals surface area contributed by atoms with Crippen molar-refractivity contribution in [1.82, 2.24) is 9.78 Å². The molecule has 0 unspecified atom stereocenters. The number of halogens is 3. The van der Waals surface area contributed by atoms with Gasteiger partial charge in [-0.25, -0.2) is 0 Å². The van der Waals surface area contributed by atoms with E-state index in [-0.39, 0.29) is 18.1 Å². The van der Waals surface area contributed by atoms with Gasteiger partial charge in [-0.05, 0) is 36.1 Å². The molecule has 1 aromatic carbocycles. The molecule has 24 heavy (non-hydrogen) atoms. The second kappa shape index (κ2) is 6.56. The summed E-state index contributed by atoms with van der Waals surface area (Å²) in [6.07, 6.45) is -4.79. The molecule has 1 N–H and O–H groups in total. The molecule has 0 fully saturated rings. The predicted molar refractivity (Wildman–Crippen MR) is 75.4 cm³/mol. The van der Waals surface area contributed by atoms with Crippen LogP contribution in [0.4, 0.5) is 24.7 Å². The Bertz CT molecular complexity index is 756. The standard InChI is InChI=1S/C13H11F3N4O4/c1-8-6-11(20(22)23)18-19(8)7-12(21)17-9-2-4-10(5-3-9)24-13(14,15)16/h2-6H,7H2,1H3,(H,17,21). The average molecular weight is 344 g/mol. The molecule has 128 valence electrons. The Kier molecular flexibility index (Phi) is 4.71. The zero-order chi connectivity index (χ0) is 17.9. The Hall–Kier alpha value is -3.11. The minimum atomic E-state index is -4.79. The molecule has 1 heterocycles. The van der Waals surface area contributed by atoms with Gasteiger partial charge in [-0.15, -0.1) is 13.2 Å². The number of aryl methyl sites for hydroxylation is 1. The molecule has 0 saturated heterocycles. The molecule has 1 aromatic heterocycles. The molecule has 8 nitrogen and oxygen atoms in total. The number of hydrogen-bond donors (Lipinski definition) is 1. The predicted octanol–water partition coefficient (Wildman–Crippen LogP) is 2.64. The van der Waals surface area contributed by atoms with E-state index in [0.717, 1.165) is 16.8 Å². The Morgan fingerprint density at radius 2 is 2.00 bits per heavy atom. The zero-order valence-electron chi connectivity index (χ0n) is 12.2. The van der Waals surface area contributed by atoms with Crippen LogP contribution in [0.2, 0.25) is 0 Å². The van der Waals surface area contributed by atoms with Gasteiger partial charge in [0.1, 0.15) is 12.3 Å². The van der Waals surface area contributed by atoms with Crippen LogP contribution in [-0.4, -0.2) is 27.0 Å². The van der Waals surface area contributed by atoms with E-state index in [1.807, 2.05) is 0 Å². The van der Waals surface area contributed by atoms with E-state index in [4.69, 9.17) is 0 Å². The van der Waals surface area contributed by atoms with E-state index in [1.54, 1.807) is 6.92 Å². The van der Waals surface area contributed by atoms with Crippen LogP contribution in [0.3, 0.4) is 0 Å². The first-order chi connectivity index (χ1) is 11.1. The summed E-state index contributed by atoms with van der Waals surface area (Å²) < 4.78 is 41.0. The van der Waals surface area contributed by atoms with Crippen molar-refractivity contribution in [2.45, 2.75) is 19.8 Å². The van der Waals surface area contributed by atoms with Gasteiger partial charge in [0, 0.05) is 5.69 Å². The topological polar surface area (TPSA) is 99.3 Å². The third kappa shape index (κ3) is 4.69. The number of carbonyl (C=O) groups is 1. The van der Waals surface area contributed by atoms with Crippen molar-refractivity contribution >= 4 is 17.4 Å². The van der Waals surface area contributed by atoms with Crippen LogP contribution in [0, 0.1) is 17.0 Å². The molecule has 0 saturated carbocycles. The van der Waals surface area contributed by atoms with Gasteiger partial charge in [0.05, 0.1) is 16.9 Å². The lowest BCUT2D eigenvalue weighted by molar-refractivity contribution is -0.389. The third-order valence-electron chi connectivity index (χ3n) is 2.82. The highest BCUT2D eigenvalue weighted by Gasteiger charge is 2.31. The number of anilines is 1. The Morgan fingerprint density at radius 3 is 2.50 bits per heavy atom. The first-order valence-electron chi connectivity index (χ1n) is 6.48. The van der Waals surface area contributed by atoms with Gasteiger partial charge in [0.15, 0.2) is 0 Å². The van der Waals surface area contributed by atoms with Crippen LogP contribution in [-0.2, 0) is 11.3 Å². The van der Waals surface area contributed by atoms with E-state index >= 15 is 0 Å². The molecule has 2 aromatic rings. The fourth-order valence-electron chi connectivity index (χ4n) is 1.82. The second-order valence-electron chi connectivity index (χ2n) is 4.68. The minimum absolute atomic E-state index is 0.244. The molecule has 11 heteroatoms. The highest BCUT2D eigenvalue weighted by atomic mass is 19.4. The lowest BCUT2D eigenvalue weighted by Gasteiger charge is -2.09. The van der Waals surface area contributed by atoms with Gasteiger partial charge in [0.2, 0.25) is 5.91 Å². The molecule has 2 rings (SSSR count). The van der Waals surface area contributed by atoms with Gasteiger partial charge >= 0.3 is 12.2 Å². The number of amides is 1. The lowest BCUT2D eigenvalue weighted by atomic mass is 10.3. The van der Waals surface area contributed by atoms with Crippen molar-refractivity contribution in [2.24, 2.45) is 0 Å². The number of nitro groups is 1. The summed E-state index contributed by atoms with van der Waals surface area (Å²) in [5.74, 6) is -1.34. The normalized spacial score (nSPS) is 11.2. The van der Waals surface area contributed by atoms with E-state index in [9.17, 15) is 28.1 Å². The van der Waals surface area contributed by atoms with Crippen molar-refractivity contribution in [2.75, 3.05) is 5.32 Å². The number of benzene rings is 1. The smallest absolute Gasteiger partial charge is 0.406 e. The third-order valence-corrected chi connectivity index (χ3v) is 2.82. The molecule has 0 aliphatic carbocycles. The summed E-state index contributed by atoms with van der Waals surface area (Å²) >= 11 is 0. The zero-order valence-corrected chi connectivity index (χ0v) is 12.2. The molecule has 0 aliphatic heterocycles. The number of ether oxygens (including phenoxy) is 1. The Morgan fingerprint density at radius 1 is 1.38 bits per heavy atom. The molecule has 1 amide bonds. The van der Waals surface area contributed by atoms with Crippen molar-refractivity contribution in [3.8, 4) is 5.75 Å². The molecule has 0 atom stereocenters. The van der Waals surface area contributed by atoms with Crippen LogP contribution in [0.5, 0.6) is 5.75 Å². The van der Waals surface area contributed by atoms with Crippen molar-refractivity contribution < 1.29 is 27.6 Å². The molecule has 0 aliphatic rings. The lowest BCUT2D eigenvalue weighted by Crippen LogP contribution is -2.20. The molecular formula is C13H11F3N4O4. The minimum Gasteiger partial charge on any atom is -0.406 e. The van der Waals surface area contributed by atoms with Gasteiger partial charge in [0.25, 0.3) is 0 Å². The van der Waals surface area contributed by atoms with Crippen LogP contribution < -0.4 is 10.1 Å². The van der Waals surface area contributed by atoms with Crippen molar-refractivity contribution in [3.63, 3.8) is 0 Å². The highest BCUT2D eigenvalue weighted by Crippen LogP contribution is 2.24.